The number of rotatable bonds is 4. The molecule has 1 aliphatic carbocycles. The largest absolute Gasteiger partial charge is 0.493 e. The maximum Gasteiger partial charge on any atom is 0.349 e. The lowest BCUT2D eigenvalue weighted by Gasteiger charge is -2.21. The molecular weight excluding hydrogens is 362 g/mol. The van der Waals surface area contributed by atoms with Gasteiger partial charge in [0.25, 0.3) is 5.91 Å². The standard InChI is InChI=1S/C20H19N3O5/c1-26-15-6-2-4-12-10-13(20(25)27-16(12)15)19(24)23-9-3-5-14(23)18-21-17(22-28-18)11-7-8-11/h2,4,6,10-11,14H,3,5,7-9H2,1H3. The molecule has 3 aromatic rings. The quantitative estimate of drug-likeness (QED) is 0.641. The van der Waals surface area contributed by atoms with E-state index in [4.69, 9.17) is 13.7 Å². The van der Waals surface area contributed by atoms with E-state index in [0.29, 0.717) is 40.9 Å². The van der Waals surface area contributed by atoms with Crippen molar-refractivity contribution in [1.29, 1.82) is 0 Å². The van der Waals surface area contributed by atoms with Gasteiger partial charge in [-0.25, -0.2) is 4.79 Å². The maximum absolute atomic E-state index is 13.1. The lowest BCUT2D eigenvalue weighted by molar-refractivity contribution is 0.0706. The van der Waals surface area contributed by atoms with Gasteiger partial charge in [0.2, 0.25) is 5.89 Å². The number of nitrogens with zero attached hydrogens (tertiary/aromatic N) is 3. The number of fused-ring (bicyclic) bond motifs is 1. The van der Waals surface area contributed by atoms with E-state index in [-0.39, 0.29) is 17.5 Å². The van der Waals surface area contributed by atoms with E-state index in [9.17, 15) is 9.59 Å². The van der Waals surface area contributed by atoms with Crippen LogP contribution in [0.25, 0.3) is 11.0 Å². The Balaban J connectivity index is 1.49. The Bertz CT molecular complexity index is 1110. The maximum atomic E-state index is 13.1. The molecule has 0 radical (unpaired) electrons. The second-order valence-electron chi connectivity index (χ2n) is 7.25. The van der Waals surface area contributed by atoms with Crippen molar-refractivity contribution in [3.63, 3.8) is 0 Å². The minimum absolute atomic E-state index is 0.00501. The Kier molecular flexibility index (Phi) is 3.92. The summed E-state index contributed by atoms with van der Waals surface area (Å²) in [4.78, 5) is 31.8. The molecule has 1 saturated carbocycles. The topological polar surface area (TPSA) is 98.7 Å². The molecule has 0 spiro atoms. The van der Waals surface area contributed by atoms with Crippen molar-refractivity contribution >= 4 is 16.9 Å². The molecular formula is C20H19N3O5. The van der Waals surface area contributed by atoms with Crippen molar-refractivity contribution in [3.05, 3.63) is 52.0 Å². The van der Waals surface area contributed by atoms with Crippen LogP contribution in [0.1, 0.15) is 59.7 Å². The number of aromatic nitrogens is 2. The van der Waals surface area contributed by atoms with Gasteiger partial charge in [-0.3, -0.25) is 4.79 Å². The van der Waals surface area contributed by atoms with Crippen LogP contribution in [-0.2, 0) is 0 Å². The molecule has 2 aromatic heterocycles. The van der Waals surface area contributed by atoms with Crippen molar-refractivity contribution in [3.8, 4) is 5.75 Å². The SMILES string of the molecule is COc1cccc2cc(C(=O)N3CCCC3c3nc(C4CC4)no3)c(=O)oc12. The first-order valence-corrected chi connectivity index (χ1v) is 9.41. The van der Waals surface area contributed by atoms with Crippen molar-refractivity contribution in [2.75, 3.05) is 13.7 Å². The highest BCUT2D eigenvalue weighted by Gasteiger charge is 2.37. The van der Waals surface area contributed by atoms with E-state index >= 15 is 0 Å². The van der Waals surface area contributed by atoms with Crippen molar-refractivity contribution < 1.29 is 18.5 Å². The number of hydrogen-bond donors (Lipinski definition) is 0. The van der Waals surface area contributed by atoms with E-state index in [0.717, 1.165) is 25.7 Å². The van der Waals surface area contributed by atoms with E-state index in [1.807, 2.05) is 0 Å². The van der Waals surface area contributed by atoms with Crippen molar-refractivity contribution in [2.45, 2.75) is 37.6 Å². The fourth-order valence-corrected chi connectivity index (χ4v) is 3.74. The van der Waals surface area contributed by atoms with Gasteiger partial charge in [0.1, 0.15) is 11.6 Å². The summed E-state index contributed by atoms with van der Waals surface area (Å²) in [7, 11) is 1.50. The van der Waals surface area contributed by atoms with E-state index in [2.05, 4.69) is 10.1 Å². The number of carbonyl (C=O) groups excluding carboxylic acids is 1. The molecule has 144 valence electrons. The summed E-state index contributed by atoms with van der Waals surface area (Å²) in [6.45, 7) is 0.528. The van der Waals surface area contributed by atoms with Crippen LogP contribution in [0, 0.1) is 0 Å². The number of para-hydroxylation sites is 1. The molecule has 1 unspecified atom stereocenters. The summed E-state index contributed by atoms with van der Waals surface area (Å²) < 4.78 is 16.1. The third-order valence-electron chi connectivity index (χ3n) is 5.37. The molecule has 5 rings (SSSR count). The highest BCUT2D eigenvalue weighted by molar-refractivity contribution is 5.97. The smallest absolute Gasteiger partial charge is 0.349 e. The molecule has 1 aliphatic heterocycles. The molecule has 1 amide bonds. The van der Waals surface area contributed by atoms with Gasteiger partial charge in [-0.1, -0.05) is 17.3 Å². The number of hydrogen-bond acceptors (Lipinski definition) is 7. The Morgan fingerprint density at radius 2 is 2.14 bits per heavy atom. The van der Waals surface area contributed by atoms with Gasteiger partial charge in [-0.05, 0) is 37.8 Å². The zero-order valence-corrected chi connectivity index (χ0v) is 15.4. The summed E-state index contributed by atoms with van der Waals surface area (Å²) in [6, 6.07) is 6.51. The van der Waals surface area contributed by atoms with Crippen LogP contribution < -0.4 is 10.4 Å². The first kappa shape index (κ1) is 17.0. The second kappa shape index (κ2) is 6.47. The molecule has 8 nitrogen and oxygen atoms in total. The minimum Gasteiger partial charge on any atom is -0.493 e. The highest BCUT2D eigenvalue weighted by Crippen LogP contribution is 2.40. The lowest BCUT2D eigenvalue weighted by Crippen LogP contribution is -2.33. The van der Waals surface area contributed by atoms with Crippen molar-refractivity contribution in [2.24, 2.45) is 0 Å². The molecule has 1 atom stereocenters. The van der Waals surface area contributed by atoms with Crippen molar-refractivity contribution in [1.82, 2.24) is 15.0 Å². The molecule has 1 aromatic carbocycles. The molecule has 3 heterocycles. The van der Waals surface area contributed by atoms with Gasteiger partial charge >= 0.3 is 5.63 Å². The lowest BCUT2D eigenvalue weighted by atomic mass is 10.1. The number of methoxy groups -OCH3 is 1. The highest BCUT2D eigenvalue weighted by atomic mass is 16.5. The van der Waals surface area contributed by atoms with E-state index < -0.39 is 5.63 Å². The average molecular weight is 381 g/mol. The van der Waals surface area contributed by atoms with Crippen LogP contribution in [0.3, 0.4) is 0 Å². The summed E-state index contributed by atoms with van der Waals surface area (Å²) in [5.74, 6) is 1.61. The van der Waals surface area contributed by atoms with Gasteiger partial charge in [-0.15, -0.1) is 0 Å². The van der Waals surface area contributed by atoms with Crippen LogP contribution in [0.5, 0.6) is 5.75 Å². The zero-order valence-electron chi connectivity index (χ0n) is 15.4. The predicted octanol–water partition coefficient (Wildman–Crippen LogP) is 3.04. The van der Waals surface area contributed by atoms with Crippen LogP contribution in [0.4, 0.5) is 0 Å². The molecule has 1 saturated heterocycles. The number of carbonyl (C=O) groups is 1. The number of amides is 1. The van der Waals surface area contributed by atoms with Gasteiger partial charge in [0.05, 0.1) is 7.11 Å². The van der Waals surface area contributed by atoms with Gasteiger partial charge < -0.3 is 18.6 Å². The van der Waals surface area contributed by atoms with Gasteiger partial charge in [-0.2, -0.15) is 4.98 Å². The van der Waals surface area contributed by atoms with Crippen LogP contribution in [0.15, 0.2) is 38.0 Å². The molecule has 8 heteroatoms. The Morgan fingerprint density at radius 1 is 1.29 bits per heavy atom. The summed E-state index contributed by atoms with van der Waals surface area (Å²) in [6.07, 6.45) is 3.69. The monoisotopic (exact) mass is 381 g/mol. The summed E-state index contributed by atoms with van der Waals surface area (Å²) in [5, 5.41) is 4.68. The Morgan fingerprint density at radius 3 is 2.93 bits per heavy atom. The Labute approximate surface area is 160 Å². The van der Waals surface area contributed by atoms with E-state index in [1.54, 1.807) is 29.2 Å². The van der Waals surface area contributed by atoms with Gasteiger partial charge in [0.15, 0.2) is 17.2 Å². The molecule has 2 fully saturated rings. The molecule has 2 aliphatic rings. The second-order valence-corrected chi connectivity index (χ2v) is 7.25. The Hall–Kier alpha value is -3.16. The normalized spacial score (nSPS) is 19.3. The summed E-state index contributed by atoms with van der Waals surface area (Å²) >= 11 is 0. The number of benzene rings is 1. The predicted molar refractivity (Wildman–Crippen MR) is 98.3 cm³/mol. The number of likely N-dealkylation sites (tertiary alicyclic amines) is 1. The minimum atomic E-state index is -0.683. The van der Waals surface area contributed by atoms with Crippen LogP contribution in [-0.4, -0.2) is 34.6 Å². The molecule has 0 N–H and O–H groups in total. The first-order valence-electron chi connectivity index (χ1n) is 9.41. The molecule has 28 heavy (non-hydrogen) atoms. The third-order valence-corrected chi connectivity index (χ3v) is 5.37. The van der Waals surface area contributed by atoms with Crippen LogP contribution >= 0.6 is 0 Å². The van der Waals surface area contributed by atoms with Gasteiger partial charge in [0, 0.05) is 17.8 Å². The average Bonchev–Trinajstić information content (AvgIpc) is 3.24. The fourth-order valence-electron chi connectivity index (χ4n) is 3.74. The molecule has 0 bridgehead atoms. The number of ether oxygens (including phenoxy) is 1. The summed E-state index contributed by atoms with van der Waals surface area (Å²) in [5.41, 5.74) is -0.359. The fraction of sp³-hybridized carbons (Fsp3) is 0.400. The first-order chi connectivity index (χ1) is 13.7. The van der Waals surface area contributed by atoms with Crippen LogP contribution in [0.2, 0.25) is 0 Å². The third kappa shape index (κ3) is 2.76. The van der Waals surface area contributed by atoms with E-state index in [1.165, 1.54) is 7.11 Å². The zero-order chi connectivity index (χ0) is 19.3.